The van der Waals surface area contributed by atoms with Gasteiger partial charge in [-0.3, -0.25) is 19.3 Å². The van der Waals surface area contributed by atoms with Crippen LogP contribution in [0.25, 0.3) is 0 Å². The maximum Gasteiger partial charge on any atom is 0.323 e. The molecule has 2 aromatic carbocycles. The molecule has 0 aromatic heterocycles. The molecule has 2 N–H and O–H groups in total. The Hall–Kier alpha value is -4.20. The van der Waals surface area contributed by atoms with Crippen LogP contribution in [0.1, 0.15) is 31.9 Å². The molecule has 3 saturated heterocycles. The van der Waals surface area contributed by atoms with Gasteiger partial charge in [-0.15, -0.1) is 0 Å². The number of rotatable bonds is 9. The number of para-hydroxylation sites is 1. The lowest BCUT2D eigenvalue weighted by Gasteiger charge is -2.38. The molecule has 3 unspecified atom stereocenters. The van der Waals surface area contributed by atoms with E-state index in [0.717, 1.165) is 5.56 Å². The highest BCUT2D eigenvalue weighted by Crippen LogP contribution is 2.38. The molecule has 2 aromatic rings. The molecule has 0 radical (unpaired) electrons. The van der Waals surface area contributed by atoms with Crippen LogP contribution in [-0.2, 0) is 35.0 Å². The lowest BCUT2D eigenvalue weighted by Crippen LogP contribution is -2.57. The molecule has 5 rings (SSSR count). The third-order valence-electron chi connectivity index (χ3n) is 8.42. The van der Waals surface area contributed by atoms with Gasteiger partial charge >= 0.3 is 12.0 Å². The molecule has 0 bridgehead atoms. The van der Waals surface area contributed by atoms with E-state index in [1.807, 2.05) is 36.1 Å². The average Bonchev–Trinajstić information content (AvgIpc) is 3.50. The number of carbonyl (C=O) groups is 4. The first-order chi connectivity index (χ1) is 22.0. The number of amides is 4. The van der Waals surface area contributed by atoms with Gasteiger partial charge in [0.05, 0.1) is 38.9 Å². The van der Waals surface area contributed by atoms with Gasteiger partial charge in [0.2, 0.25) is 11.8 Å². The molecule has 13 nitrogen and oxygen atoms in total. The summed E-state index contributed by atoms with van der Waals surface area (Å²) >= 11 is 0. The lowest BCUT2D eigenvalue weighted by molar-refractivity contribution is -0.172. The summed E-state index contributed by atoms with van der Waals surface area (Å²) in [5.74, 6) is -1.22. The fraction of sp³-hybridized carbons (Fsp3) is 0.515. The molecular formula is C33H43N5O8. The van der Waals surface area contributed by atoms with Crippen molar-refractivity contribution < 1.29 is 38.1 Å². The Morgan fingerprint density at radius 1 is 0.978 bits per heavy atom. The molecule has 3 aliphatic rings. The highest BCUT2D eigenvalue weighted by atomic mass is 16.8. The number of anilines is 2. The predicted molar refractivity (Wildman–Crippen MR) is 169 cm³/mol. The number of urea groups is 1. The highest BCUT2D eigenvalue weighted by molar-refractivity contribution is 6.01. The van der Waals surface area contributed by atoms with E-state index in [-0.39, 0.29) is 37.3 Å². The summed E-state index contributed by atoms with van der Waals surface area (Å²) in [5.41, 5.74) is 2.72. The monoisotopic (exact) mass is 637 g/mol. The highest BCUT2D eigenvalue weighted by Gasteiger charge is 2.57. The number of nitrogens with zero attached hydrogens (tertiary/aromatic N) is 3. The van der Waals surface area contributed by atoms with Gasteiger partial charge < -0.3 is 39.4 Å². The summed E-state index contributed by atoms with van der Waals surface area (Å²) in [6.07, 6.45) is -1.03. The Morgan fingerprint density at radius 3 is 2.39 bits per heavy atom. The number of ether oxygens (including phenoxy) is 4. The van der Waals surface area contributed by atoms with Crippen LogP contribution >= 0.6 is 0 Å². The molecule has 13 heteroatoms. The first-order valence-electron chi connectivity index (χ1n) is 15.6. The normalized spacial score (nSPS) is 22.2. The van der Waals surface area contributed by atoms with Crippen molar-refractivity contribution in [1.82, 2.24) is 14.7 Å². The number of esters is 1. The zero-order valence-corrected chi connectivity index (χ0v) is 27.0. The molecule has 0 spiro atoms. The number of piperazine rings is 1. The van der Waals surface area contributed by atoms with Crippen LogP contribution in [0.3, 0.4) is 0 Å². The SMILES string of the molecule is CCOC(=O)CN1CCN(C(=O)C2C3OC(C)(C)OC3CN2C(=O)Cc2ccc(NC(=O)Nc3ccccc3C)c(OC)c2)CC1. The summed E-state index contributed by atoms with van der Waals surface area (Å²) in [7, 11) is 1.49. The Morgan fingerprint density at radius 2 is 1.70 bits per heavy atom. The van der Waals surface area contributed by atoms with Crippen LogP contribution in [0.5, 0.6) is 5.75 Å². The van der Waals surface area contributed by atoms with Crippen LogP contribution < -0.4 is 15.4 Å². The third kappa shape index (κ3) is 7.60. The Balaban J connectivity index is 1.25. The second-order valence-electron chi connectivity index (χ2n) is 12.1. The van der Waals surface area contributed by atoms with Crippen LogP contribution in [0.2, 0.25) is 0 Å². The average molecular weight is 638 g/mol. The van der Waals surface area contributed by atoms with E-state index in [1.54, 1.807) is 48.8 Å². The number of aryl methyl sites for hydroxylation is 1. The maximum atomic E-state index is 14.0. The Labute approximate surface area is 269 Å². The van der Waals surface area contributed by atoms with Crippen molar-refractivity contribution in [1.29, 1.82) is 0 Å². The molecule has 46 heavy (non-hydrogen) atoms. The first kappa shape index (κ1) is 33.2. The summed E-state index contributed by atoms with van der Waals surface area (Å²) in [6.45, 7) is 9.87. The van der Waals surface area contributed by atoms with Crippen molar-refractivity contribution in [3.8, 4) is 5.75 Å². The summed E-state index contributed by atoms with van der Waals surface area (Å²) in [6, 6.07) is 11.3. The molecule has 0 aliphatic carbocycles. The van der Waals surface area contributed by atoms with E-state index in [2.05, 4.69) is 10.6 Å². The van der Waals surface area contributed by atoms with Crippen molar-refractivity contribution in [2.75, 3.05) is 63.6 Å². The number of carbonyl (C=O) groups excluding carboxylic acids is 4. The van der Waals surface area contributed by atoms with Crippen molar-refractivity contribution in [3.05, 3.63) is 53.6 Å². The van der Waals surface area contributed by atoms with Crippen molar-refractivity contribution in [2.24, 2.45) is 0 Å². The van der Waals surface area contributed by atoms with E-state index >= 15 is 0 Å². The molecule has 248 valence electrons. The molecule has 3 heterocycles. The number of benzene rings is 2. The van der Waals surface area contributed by atoms with Crippen molar-refractivity contribution in [2.45, 2.75) is 58.2 Å². The summed E-state index contributed by atoms with van der Waals surface area (Å²) < 4.78 is 22.8. The predicted octanol–water partition coefficient (Wildman–Crippen LogP) is 2.63. The molecule has 0 saturated carbocycles. The number of nitrogens with one attached hydrogen (secondary N) is 2. The zero-order valence-electron chi connectivity index (χ0n) is 27.0. The number of hydrogen-bond acceptors (Lipinski definition) is 9. The van der Waals surface area contributed by atoms with Gasteiger partial charge in [-0.25, -0.2) is 4.79 Å². The molecule has 3 atom stereocenters. The van der Waals surface area contributed by atoms with Crippen LogP contribution in [0.15, 0.2) is 42.5 Å². The standard InChI is InChI=1S/C33H43N5O8/c1-6-44-28(40)20-36-13-15-37(16-14-36)31(41)29-30-26(45-33(3,4)46-30)19-38(29)27(39)18-22-11-12-24(25(17-22)43-5)35-32(42)34-23-10-8-7-9-21(23)2/h7-12,17,26,29-30H,6,13-16,18-20H2,1-5H3,(H2,34,35,42). The van der Waals surface area contributed by atoms with Gasteiger partial charge in [0.25, 0.3) is 0 Å². The van der Waals surface area contributed by atoms with Gasteiger partial charge in [0, 0.05) is 31.9 Å². The van der Waals surface area contributed by atoms with Crippen LogP contribution in [0.4, 0.5) is 16.2 Å². The number of likely N-dealkylation sites (tertiary alicyclic amines) is 1. The topological polar surface area (TPSA) is 139 Å². The van der Waals surface area contributed by atoms with Gasteiger partial charge in [0.1, 0.15) is 24.0 Å². The summed E-state index contributed by atoms with van der Waals surface area (Å²) in [5, 5.41) is 5.63. The first-order valence-corrected chi connectivity index (χ1v) is 15.6. The fourth-order valence-electron chi connectivity index (χ4n) is 6.20. The van der Waals surface area contributed by atoms with Crippen molar-refractivity contribution >= 4 is 35.2 Å². The van der Waals surface area contributed by atoms with Crippen LogP contribution in [-0.4, -0.2) is 116 Å². The van der Waals surface area contributed by atoms with Crippen LogP contribution in [0, 0.1) is 6.92 Å². The number of hydrogen-bond donors (Lipinski definition) is 2. The minimum atomic E-state index is -0.872. The molecule has 3 fully saturated rings. The van der Waals surface area contributed by atoms with Gasteiger partial charge in [-0.1, -0.05) is 24.3 Å². The maximum absolute atomic E-state index is 14.0. The third-order valence-corrected chi connectivity index (χ3v) is 8.42. The smallest absolute Gasteiger partial charge is 0.323 e. The van der Waals surface area contributed by atoms with Crippen molar-refractivity contribution in [3.63, 3.8) is 0 Å². The van der Waals surface area contributed by atoms with E-state index in [4.69, 9.17) is 18.9 Å². The number of methoxy groups -OCH3 is 1. The van der Waals surface area contributed by atoms with Gasteiger partial charge in [-0.2, -0.15) is 0 Å². The fourth-order valence-corrected chi connectivity index (χ4v) is 6.20. The Bertz CT molecular complexity index is 1460. The van der Waals surface area contributed by atoms with E-state index < -0.39 is 30.1 Å². The lowest BCUT2D eigenvalue weighted by atomic mass is 10.1. The zero-order chi connectivity index (χ0) is 33.0. The molecular weight excluding hydrogens is 594 g/mol. The minimum absolute atomic E-state index is 0.00593. The van der Waals surface area contributed by atoms with E-state index in [0.29, 0.717) is 55.5 Å². The van der Waals surface area contributed by atoms with Gasteiger partial charge in [0.15, 0.2) is 5.79 Å². The minimum Gasteiger partial charge on any atom is -0.495 e. The van der Waals surface area contributed by atoms with E-state index in [1.165, 1.54) is 7.11 Å². The van der Waals surface area contributed by atoms with E-state index in [9.17, 15) is 19.2 Å². The second kappa shape index (κ2) is 14.1. The molecule has 4 amide bonds. The Kier molecular flexibility index (Phi) is 10.1. The second-order valence-corrected chi connectivity index (χ2v) is 12.1. The largest absolute Gasteiger partial charge is 0.495 e. The number of fused-ring (bicyclic) bond motifs is 1. The molecule has 3 aliphatic heterocycles. The quantitative estimate of drug-likeness (QED) is 0.398. The van der Waals surface area contributed by atoms with Gasteiger partial charge in [-0.05, 0) is 57.0 Å². The summed E-state index contributed by atoms with van der Waals surface area (Å²) in [4.78, 5) is 57.6.